The van der Waals surface area contributed by atoms with Crippen LogP contribution in [0.5, 0.6) is 0 Å². The molecule has 4 unspecified atom stereocenters. The zero-order valence-corrected chi connectivity index (χ0v) is 23.1. The fourth-order valence-corrected chi connectivity index (χ4v) is 6.35. The molecule has 0 spiro atoms. The summed E-state index contributed by atoms with van der Waals surface area (Å²) >= 11 is 0. The van der Waals surface area contributed by atoms with E-state index in [1.54, 1.807) is 30.7 Å². The predicted octanol–water partition coefficient (Wildman–Crippen LogP) is 5.86. The molecular formula is C31H33F2N7O. The van der Waals surface area contributed by atoms with E-state index in [9.17, 15) is 5.26 Å². The Hall–Kier alpha value is -3.94. The van der Waals surface area contributed by atoms with E-state index in [0.717, 1.165) is 24.1 Å². The number of halogens is 2. The number of pyridine rings is 1. The number of hydrogen-bond donors (Lipinski definition) is 2. The number of imidazole rings is 1. The minimum absolute atomic E-state index is 0.116. The van der Waals surface area contributed by atoms with Crippen LogP contribution in [0.4, 0.5) is 20.4 Å². The van der Waals surface area contributed by atoms with Crippen LogP contribution in [-0.4, -0.2) is 38.8 Å². The molecule has 4 atom stereocenters. The van der Waals surface area contributed by atoms with Crippen molar-refractivity contribution in [3.8, 4) is 17.3 Å². The molecular weight excluding hydrogens is 524 g/mol. The monoisotopic (exact) mass is 557 g/mol. The summed E-state index contributed by atoms with van der Waals surface area (Å²) in [5.74, 6) is 0.0850. The zero-order valence-electron chi connectivity index (χ0n) is 23.1. The van der Waals surface area contributed by atoms with Crippen LogP contribution in [0.15, 0.2) is 48.9 Å². The lowest BCUT2D eigenvalue weighted by atomic mass is 9.71. The fourth-order valence-electron chi connectivity index (χ4n) is 6.35. The largest absolute Gasteiger partial charge is 0.381 e. The highest BCUT2D eigenvalue weighted by Gasteiger charge is 2.36. The van der Waals surface area contributed by atoms with Crippen LogP contribution in [0.3, 0.4) is 0 Å². The van der Waals surface area contributed by atoms with E-state index in [1.807, 2.05) is 6.07 Å². The van der Waals surface area contributed by atoms with Gasteiger partial charge in [-0.25, -0.2) is 13.8 Å². The van der Waals surface area contributed by atoms with Crippen LogP contribution in [0.25, 0.3) is 16.8 Å². The first-order valence-corrected chi connectivity index (χ1v) is 14.1. The SMILES string of the molecule is CC1CC(c2ccncc2Nc2ncc3ccc(-c4c(F)cc(C5(C#N)CCOCC5)cc4F)nn23)CC(N)C1C. The number of ether oxygens (including phenoxy) is 1. The molecule has 1 aliphatic carbocycles. The van der Waals surface area contributed by atoms with Crippen molar-refractivity contribution in [3.05, 3.63) is 71.7 Å². The van der Waals surface area contributed by atoms with Crippen LogP contribution < -0.4 is 11.1 Å². The van der Waals surface area contributed by atoms with Crippen LogP contribution in [-0.2, 0) is 10.2 Å². The van der Waals surface area contributed by atoms with E-state index in [1.165, 1.54) is 16.6 Å². The molecule has 0 radical (unpaired) electrons. The van der Waals surface area contributed by atoms with Crippen molar-refractivity contribution >= 4 is 17.2 Å². The average molecular weight is 558 g/mol. The lowest BCUT2D eigenvalue weighted by molar-refractivity contribution is 0.0674. The topological polar surface area (TPSA) is 114 Å². The number of anilines is 2. The maximum atomic E-state index is 15.5. The Kier molecular flexibility index (Phi) is 7.18. The van der Waals surface area contributed by atoms with Crippen molar-refractivity contribution in [2.45, 2.75) is 56.9 Å². The molecule has 10 heteroatoms. The molecule has 8 nitrogen and oxygen atoms in total. The molecule has 4 heterocycles. The van der Waals surface area contributed by atoms with E-state index < -0.39 is 17.0 Å². The molecule has 0 amide bonds. The van der Waals surface area contributed by atoms with Gasteiger partial charge in [-0.15, -0.1) is 0 Å². The van der Waals surface area contributed by atoms with Gasteiger partial charge in [-0.1, -0.05) is 13.8 Å². The smallest absolute Gasteiger partial charge is 0.229 e. The first-order valence-electron chi connectivity index (χ1n) is 14.1. The summed E-state index contributed by atoms with van der Waals surface area (Å²) in [5, 5.41) is 17.8. The van der Waals surface area contributed by atoms with Crippen LogP contribution in [0, 0.1) is 34.8 Å². The average Bonchev–Trinajstić information content (AvgIpc) is 3.37. The molecule has 0 bridgehead atoms. The lowest BCUT2D eigenvalue weighted by Gasteiger charge is -2.37. The Labute approximate surface area is 237 Å². The number of benzene rings is 1. The van der Waals surface area contributed by atoms with Crippen molar-refractivity contribution < 1.29 is 13.5 Å². The van der Waals surface area contributed by atoms with E-state index in [4.69, 9.17) is 10.5 Å². The minimum Gasteiger partial charge on any atom is -0.381 e. The molecule has 1 saturated heterocycles. The third-order valence-corrected chi connectivity index (χ3v) is 9.12. The number of nitrogens with one attached hydrogen (secondary N) is 1. The summed E-state index contributed by atoms with van der Waals surface area (Å²) in [6, 6.07) is 10.2. The molecule has 2 fully saturated rings. The van der Waals surface area contributed by atoms with Gasteiger partial charge in [0.1, 0.15) is 11.6 Å². The molecule has 4 aromatic rings. The van der Waals surface area contributed by atoms with Crippen molar-refractivity contribution in [3.63, 3.8) is 0 Å². The van der Waals surface area contributed by atoms with Gasteiger partial charge in [0.25, 0.3) is 0 Å². The zero-order chi connectivity index (χ0) is 28.7. The summed E-state index contributed by atoms with van der Waals surface area (Å²) in [4.78, 5) is 8.82. The summed E-state index contributed by atoms with van der Waals surface area (Å²) in [7, 11) is 0. The Bertz CT molecular complexity index is 1590. The minimum atomic E-state index is -0.975. The summed E-state index contributed by atoms with van der Waals surface area (Å²) < 4.78 is 37.9. The number of hydrogen-bond acceptors (Lipinski definition) is 7. The number of nitrogens with two attached hydrogens (primary N) is 1. The van der Waals surface area contributed by atoms with Gasteiger partial charge in [0.05, 0.1) is 46.3 Å². The highest BCUT2D eigenvalue weighted by Crippen LogP contribution is 2.41. The Morgan fingerprint density at radius 2 is 1.85 bits per heavy atom. The van der Waals surface area contributed by atoms with Gasteiger partial charge in [0.2, 0.25) is 5.95 Å². The predicted molar refractivity (Wildman–Crippen MR) is 151 cm³/mol. The first-order chi connectivity index (χ1) is 19.8. The van der Waals surface area contributed by atoms with Gasteiger partial charge in [-0.3, -0.25) is 4.98 Å². The van der Waals surface area contributed by atoms with E-state index in [2.05, 4.69) is 40.3 Å². The number of rotatable bonds is 5. The lowest BCUT2D eigenvalue weighted by Crippen LogP contribution is -2.39. The fraction of sp³-hybridized carbons (Fsp3) is 0.419. The highest BCUT2D eigenvalue weighted by atomic mass is 19.1. The second-order valence-electron chi connectivity index (χ2n) is 11.5. The number of aromatic nitrogens is 4. The summed E-state index contributed by atoms with van der Waals surface area (Å²) in [6.45, 7) is 5.20. The Morgan fingerprint density at radius 3 is 2.56 bits per heavy atom. The first kappa shape index (κ1) is 27.2. The number of nitriles is 1. The van der Waals surface area contributed by atoms with E-state index >= 15 is 8.78 Å². The standard InChI is InChI=1S/C31H33F2N7O/c1-18-11-20(12-26(35)19(18)2)23-5-8-36-16-28(23)38-30-37-15-22-3-4-27(39-40(22)30)29-24(32)13-21(14-25(29)33)31(17-34)6-9-41-10-7-31/h3-5,8,13-16,18-20,26H,6-7,9-12,35H2,1-2H3,(H,37,38). The molecule has 6 rings (SSSR count). The van der Waals surface area contributed by atoms with Gasteiger partial charge in [0, 0.05) is 25.5 Å². The third kappa shape index (κ3) is 4.94. The van der Waals surface area contributed by atoms with Crippen molar-refractivity contribution in [1.82, 2.24) is 19.6 Å². The summed E-state index contributed by atoms with van der Waals surface area (Å²) in [5.41, 5.74) is 8.25. The van der Waals surface area contributed by atoms with Gasteiger partial charge in [-0.2, -0.15) is 14.9 Å². The van der Waals surface area contributed by atoms with Gasteiger partial charge in [0.15, 0.2) is 0 Å². The van der Waals surface area contributed by atoms with Gasteiger partial charge in [-0.05, 0) is 84.9 Å². The second-order valence-corrected chi connectivity index (χ2v) is 11.5. The van der Waals surface area contributed by atoms with Crippen LogP contribution in [0.1, 0.15) is 56.6 Å². The normalized spacial score (nSPS) is 24.2. The second kappa shape index (κ2) is 10.8. The maximum absolute atomic E-state index is 15.5. The van der Waals surface area contributed by atoms with Gasteiger partial charge < -0.3 is 15.8 Å². The molecule has 1 saturated carbocycles. The Balaban J connectivity index is 1.34. The van der Waals surface area contributed by atoms with Crippen LogP contribution >= 0.6 is 0 Å². The molecule has 41 heavy (non-hydrogen) atoms. The number of fused-ring (bicyclic) bond motifs is 1. The van der Waals surface area contributed by atoms with Crippen molar-refractivity contribution in [2.24, 2.45) is 17.6 Å². The third-order valence-electron chi connectivity index (χ3n) is 9.12. The van der Waals surface area contributed by atoms with Crippen molar-refractivity contribution in [1.29, 1.82) is 5.26 Å². The highest BCUT2D eigenvalue weighted by molar-refractivity contribution is 5.66. The van der Waals surface area contributed by atoms with Crippen molar-refractivity contribution in [2.75, 3.05) is 18.5 Å². The molecule has 212 valence electrons. The molecule has 3 aromatic heterocycles. The molecule has 2 aliphatic rings. The Morgan fingerprint density at radius 1 is 1.10 bits per heavy atom. The van der Waals surface area contributed by atoms with Crippen LogP contribution in [0.2, 0.25) is 0 Å². The molecule has 3 N–H and O–H groups in total. The van der Waals surface area contributed by atoms with E-state index in [0.29, 0.717) is 54.9 Å². The number of nitrogens with zero attached hydrogens (tertiary/aromatic N) is 5. The summed E-state index contributed by atoms with van der Waals surface area (Å²) in [6.07, 6.45) is 7.85. The molecule has 1 aliphatic heterocycles. The maximum Gasteiger partial charge on any atom is 0.229 e. The quantitative estimate of drug-likeness (QED) is 0.316. The van der Waals surface area contributed by atoms with Gasteiger partial charge >= 0.3 is 0 Å². The molecule has 1 aromatic carbocycles. The van der Waals surface area contributed by atoms with E-state index in [-0.39, 0.29) is 23.2 Å².